The summed E-state index contributed by atoms with van der Waals surface area (Å²) in [6.45, 7) is 0.181. The second kappa shape index (κ2) is 5.95. The number of benzene rings is 1. The molecule has 0 bridgehead atoms. The van der Waals surface area contributed by atoms with Crippen molar-refractivity contribution in [2.75, 3.05) is 0 Å². The minimum atomic E-state index is -0.508. The number of ether oxygens (including phenoxy) is 1. The Morgan fingerprint density at radius 1 is 1.42 bits per heavy atom. The van der Waals surface area contributed by atoms with Gasteiger partial charge in [0.15, 0.2) is 0 Å². The Balaban J connectivity index is 2.23. The van der Waals surface area contributed by atoms with Crippen molar-refractivity contribution in [1.29, 1.82) is 0 Å². The molecule has 2 N–H and O–H groups in total. The van der Waals surface area contributed by atoms with Crippen molar-refractivity contribution in [3.05, 3.63) is 58.6 Å². The molecular formula is C13H10ClFN2OS. The maximum absolute atomic E-state index is 13.6. The highest BCUT2D eigenvalue weighted by molar-refractivity contribution is 7.80. The van der Waals surface area contributed by atoms with Gasteiger partial charge in [0.05, 0.1) is 10.6 Å². The Kier molecular flexibility index (Phi) is 4.29. The van der Waals surface area contributed by atoms with Crippen molar-refractivity contribution in [2.45, 2.75) is 6.61 Å². The Bertz CT molecular complexity index is 621. The first-order valence-corrected chi connectivity index (χ1v) is 6.17. The zero-order valence-electron chi connectivity index (χ0n) is 9.77. The van der Waals surface area contributed by atoms with Crippen LogP contribution < -0.4 is 10.5 Å². The third-order valence-electron chi connectivity index (χ3n) is 2.46. The first kappa shape index (κ1) is 13.7. The molecule has 0 aliphatic heterocycles. The molecule has 0 radical (unpaired) electrons. The van der Waals surface area contributed by atoms with Gasteiger partial charge in [-0.1, -0.05) is 29.9 Å². The van der Waals surface area contributed by atoms with Gasteiger partial charge in [0.2, 0.25) is 0 Å². The lowest BCUT2D eigenvalue weighted by molar-refractivity contribution is 0.304. The summed E-state index contributed by atoms with van der Waals surface area (Å²) in [7, 11) is 0. The molecule has 0 saturated heterocycles. The molecule has 0 spiro atoms. The van der Waals surface area contributed by atoms with Crippen LogP contribution in [0, 0.1) is 5.82 Å². The molecule has 0 aliphatic rings. The third kappa shape index (κ3) is 3.19. The number of halogens is 2. The summed E-state index contributed by atoms with van der Waals surface area (Å²) >= 11 is 10.8. The summed E-state index contributed by atoms with van der Waals surface area (Å²) in [4.78, 5) is 3.82. The molecule has 2 rings (SSSR count). The lowest BCUT2D eigenvalue weighted by Crippen LogP contribution is -2.14. The highest BCUT2D eigenvalue weighted by Crippen LogP contribution is 2.23. The predicted octanol–water partition coefficient (Wildman–Crippen LogP) is 3.09. The molecule has 0 amide bonds. The van der Waals surface area contributed by atoms with Gasteiger partial charge in [0.25, 0.3) is 0 Å². The van der Waals surface area contributed by atoms with E-state index in [9.17, 15) is 4.39 Å². The summed E-state index contributed by atoms with van der Waals surface area (Å²) < 4.78 is 19.1. The molecule has 2 aromatic rings. The SMILES string of the molecule is NC(=S)c1c(F)cccc1OCc1ccncc1Cl. The van der Waals surface area contributed by atoms with E-state index in [-0.39, 0.29) is 17.2 Å². The molecule has 1 aromatic carbocycles. The fraction of sp³-hybridized carbons (Fsp3) is 0.0769. The summed E-state index contributed by atoms with van der Waals surface area (Å²) in [6.07, 6.45) is 3.12. The fourth-order valence-electron chi connectivity index (χ4n) is 1.54. The molecule has 0 saturated carbocycles. The lowest BCUT2D eigenvalue weighted by Gasteiger charge is -2.11. The molecule has 6 heteroatoms. The van der Waals surface area contributed by atoms with Gasteiger partial charge >= 0.3 is 0 Å². The van der Waals surface area contributed by atoms with Crippen LogP contribution in [0.2, 0.25) is 5.02 Å². The van der Waals surface area contributed by atoms with Crippen LogP contribution in [0.5, 0.6) is 5.75 Å². The largest absolute Gasteiger partial charge is 0.488 e. The smallest absolute Gasteiger partial charge is 0.137 e. The quantitative estimate of drug-likeness (QED) is 0.881. The van der Waals surface area contributed by atoms with Gasteiger partial charge in [0, 0.05) is 18.0 Å². The van der Waals surface area contributed by atoms with Crippen LogP contribution in [0.3, 0.4) is 0 Å². The molecule has 1 aromatic heterocycles. The van der Waals surface area contributed by atoms with Gasteiger partial charge in [-0.15, -0.1) is 0 Å². The summed E-state index contributed by atoms with van der Waals surface area (Å²) in [6, 6.07) is 6.14. The summed E-state index contributed by atoms with van der Waals surface area (Å²) in [5.74, 6) is -0.216. The Morgan fingerprint density at radius 2 is 2.21 bits per heavy atom. The number of nitrogens with zero attached hydrogens (tertiary/aromatic N) is 1. The van der Waals surface area contributed by atoms with Gasteiger partial charge in [-0.25, -0.2) is 4.39 Å². The zero-order valence-corrected chi connectivity index (χ0v) is 11.3. The predicted molar refractivity (Wildman–Crippen MR) is 75.9 cm³/mol. The highest BCUT2D eigenvalue weighted by atomic mass is 35.5. The highest BCUT2D eigenvalue weighted by Gasteiger charge is 2.12. The Morgan fingerprint density at radius 3 is 2.89 bits per heavy atom. The molecular weight excluding hydrogens is 287 g/mol. The topological polar surface area (TPSA) is 48.1 Å². The number of hydrogen-bond acceptors (Lipinski definition) is 3. The van der Waals surface area contributed by atoms with E-state index in [0.717, 1.165) is 5.56 Å². The second-order valence-corrected chi connectivity index (χ2v) is 4.58. The van der Waals surface area contributed by atoms with Crippen molar-refractivity contribution < 1.29 is 9.13 Å². The van der Waals surface area contributed by atoms with Crippen molar-refractivity contribution in [1.82, 2.24) is 4.98 Å². The van der Waals surface area contributed by atoms with E-state index in [1.165, 1.54) is 18.3 Å². The van der Waals surface area contributed by atoms with Crippen molar-refractivity contribution >= 4 is 28.8 Å². The van der Waals surface area contributed by atoms with Crippen molar-refractivity contribution in [2.24, 2.45) is 5.73 Å². The average Bonchev–Trinajstić information content (AvgIpc) is 2.37. The van der Waals surface area contributed by atoms with Gasteiger partial charge in [-0.2, -0.15) is 0 Å². The van der Waals surface area contributed by atoms with Gasteiger partial charge < -0.3 is 10.5 Å². The van der Waals surface area contributed by atoms with E-state index in [1.807, 2.05) is 0 Å². The van der Waals surface area contributed by atoms with Crippen LogP contribution in [0.1, 0.15) is 11.1 Å². The van der Waals surface area contributed by atoms with Crippen LogP contribution in [-0.2, 0) is 6.61 Å². The van der Waals surface area contributed by atoms with E-state index in [4.69, 9.17) is 34.3 Å². The minimum absolute atomic E-state index is 0.0473. The van der Waals surface area contributed by atoms with Gasteiger partial charge in [-0.05, 0) is 18.2 Å². The Labute approximate surface area is 120 Å². The molecule has 3 nitrogen and oxygen atoms in total. The van der Waals surface area contributed by atoms with Crippen LogP contribution in [0.25, 0.3) is 0 Å². The number of aromatic nitrogens is 1. The van der Waals surface area contributed by atoms with Crippen LogP contribution in [0.15, 0.2) is 36.7 Å². The van der Waals surface area contributed by atoms with E-state index in [0.29, 0.717) is 10.8 Å². The van der Waals surface area contributed by atoms with E-state index in [1.54, 1.807) is 18.3 Å². The molecule has 98 valence electrons. The number of thiocarbonyl (C=S) groups is 1. The number of nitrogens with two attached hydrogens (primary N) is 1. The summed E-state index contributed by atoms with van der Waals surface area (Å²) in [5.41, 5.74) is 6.33. The van der Waals surface area contributed by atoms with Crippen LogP contribution >= 0.6 is 23.8 Å². The van der Waals surface area contributed by atoms with Crippen LogP contribution in [-0.4, -0.2) is 9.97 Å². The van der Waals surface area contributed by atoms with Crippen LogP contribution in [0.4, 0.5) is 4.39 Å². The number of rotatable bonds is 4. The Hall–Kier alpha value is -1.72. The average molecular weight is 297 g/mol. The van der Waals surface area contributed by atoms with Crippen molar-refractivity contribution in [3.63, 3.8) is 0 Å². The van der Waals surface area contributed by atoms with E-state index >= 15 is 0 Å². The maximum atomic E-state index is 13.6. The number of hydrogen-bond donors (Lipinski definition) is 1. The van der Waals surface area contributed by atoms with E-state index in [2.05, 4.69) is 4.98 Å². The maximum Gasteiger partial charge on any atom is 0.137 e. The van der Waals surface area contributed by atoms with Crippen molar-refractivity contribution in [3.8, 4) is 5.75 Å². The van der Waals surface area contributed by atoms with Gasteiger partial charge in [0.1, 0.15) is 23.2 Å². The molecule has 0 atom stereocenters. The monoisotopic (exact) mass is 296 g/mol. The third-order valence-corrected chi connectivity index (χ3v) is 3.01. The molecule has 0 unspecified atom stereocenters. The normalized spacial score (nSPS) is 10.2. The zero-order chi connectivity index (χ0) is 13.8. The number of pyridine rings is 1. The van der Waals surface area contributed by atoms with E-state index < -0.39 is 5.82 Å². The second-order valence-electron chi connectivity index (χ2n) is 3.73. The standard InChI is InChI=1S/C13H10ClFN2OS/c14-9-6-17-5-4-8(9)7-18-11-3-1-2-10(15)12(11)13(16)19/h1-6H,7H2,(H2,16,19). The molecule has 1 heterocycles. The molecule has 0 fully saturated rings. The first-order chi connectivity index (χ1) is 9.09. The summed E-state index contributed by atoms with van der Waals surface area (Å²) in [5, 5.41) is 0.482. The minimum Gasteiger partial charge on any atom is -0.488 e. The van der Waals surface area contributed by atoms with Gasteiger partial charge in [-0.3, -0.25) is 4.98 Å². The molecule has 19 heavy (non-hydrogen) atoms. The molecule has 0 aliphatic carbocycles. The first-order valence-electron chi connectivity index (χ1n) is 5.39. The fourth-order valence-corrected chi connectivity index (χ4v) is 1.91. The lowest BCUT2D eigenvalue weighted by atomic mass is 10.2.